The van der Waals surface area contributed by atoms with Gasteiger partial charge in [0.2, 0.25) is 11.7 Å². The minimum Gasteiger partial charge on any atom is -0.339 e. The third-order valence-corrected chi connectivity index (χ3v) is 6.10. The molecule has 4 rings (SSSR count). The molecule has 5 nitrogen and oxygen atoms in total. The molecule has 0 saturated heterocycles. The third kappa shape index (κ3) is 4.85. The first-order valence-electron chi connectivity index (χ1n) is 10.3. The number of carbonyl (C=O) groups excluding carboxylic acids is 1. The van der Waals surface area contributed by atoms with E-state index in [4.69, 9.17) is 27.7 Å². The minimum absolute atomic E-state index is 0.0371. The highest BCUT2D eigenvalue weighted by Gasteiger charge is 2.27. The van der Waals surface area contributed by atoms with E-state index in [9.17, 15) is 4.79 Å². The Morgan fingerprint density at radius 2 is 1.77 bits per heavy atom. The van der Waals surface area contributed by atoms with Crippen LogP contribution in [0.25, 0.3) is 11.4 Å². The summed E-state index contributed by atoms with van der Waals surface area (Å²) in [6.45, 7) is 0.511. The molecule has 1 amide bonds. The second-order valence-corrected chi connectivity index (χ2v) is 8.38. The number of aromatic nitrogens is 2. The fourth-order valence-corrected chi connectivity index (χ4v) is 4.26. The van der Waals surface area contributed by atoms with Crippen LogP contribution in [0.2, 0.25) is 10.0 Å². The lowest BCUT2D eigenvalue weighted by molar-refractivity contribution is 0.0632. The Balaban J connectivity index is 1.50. The lowest BCUT2D eigenvalue weighted by atomic mass is 9.93. The SMILES string of the molecule is O=C(c1ccccc1Cl)N(CCc1nc(-c2ccc(Cl)cc2)no1)C1CCCCC1. The first-order chi connectivity index (χ1) is 14.6. The number of rotatable bonds is 6. The standard InChI is InChI=1S/C23H23Cl2N3O2/c24-17-12-10-16(11-13-17)22-26-21(30-27-22)14-15-28(18-6-2-1-3-7-18)23(29)19-8-4-5-9-20(19)25/h4-5,8-13,18H,1-3,6-7,14-15H2. The number of hydrogen-bond donors (Lipinski definition) is 0. The molecule has 0 unspecified atom stereocenters. The average molecular weight is 444 g/mol. The topological polar surface area (TPSA) is 59.2 Å². The van der Waals surface area contributed by atoms with Gasteiger partial charge in [-0.25, -0.2) is 0 Å². The van der Waals surface area contributed by atoms with Crippen LogP contribution in [0.1, 0.15) is 48.4 Å². The van der Waals surface area contributed by atoms with Gasteiger partial charge in [-0.1, -0.05) is 59.8 Å². The second-order valence-electron chi connectivity index (χ2n) is 7.54. The van der Waals surface area contributed by atoms with Crippen molar-refractivity contribution in [1.29, 1.82) is 0 Å². The molecule has 3 aromatic rings. The zero-order valence-corrected chi connectivity index (χ0v) is 18.1. The summed E-state index contributed by atoms with van der Waals surface area (Å²) in [6.07, 6.45) is 6.01. The van der Waals surface area contributed by atoms with Crippen LogP contribution >= 0.6 is 23.2 Å². The number of hydrogen-bond acceptors (Lipinski definition) is 4. The molecule has 0 radical (unpaired) electrons. The molecule has 2 aromatic carbocycles. The molecular formula is C23H23Cl2N3O2. The Labute approximate surface area is 186 Å². The molecule has 1 fully saturated rings. The average Bonchev–Trinajstić information content (AvgIpc) is 3.24. The van der Waals surface area contributed by atoms with Gasteiger partial charge >= 0.3 is 0 Å². The molecule has 0 aliphatic heterocycles. The summed E-state index contributed by atoms with van der Waals surface area (Å²) in [5, 5.41) is 5.20. The quantitative estimate of drug-likeness (QED) is 0.464. The fraction of sp³-hybridized carbons (Fsp3) is 0.348. The zero-order valence-electron chi connectivity index (χ0n) is 16.6. The Morgan fingerprint density at radius 1 is 1.03 bits per heavy atom. The number of benzene rings is 2. The predicted octanol–water partition coefficient (Wildman–Crippen LogP) is 6.06. The normalized spacial score (nSPS) is 14.6. The lowest BCUT2D eigenvalue weighted by Gasteiger charge is -2.34. The molecule has 1 heterocycles. The van der Waals surface area contributed by atoms with Gasteiger partial charge in [0.25, 0.3) is 5.91 Å². The van der Waals surface area contributed by atoms with Gasteiger partial charge in [-0.15, -0.1) is 0 Å². The first kappa shape index (κ1) is 20.9. The van der Waals surface area contributed by atoms with E-state index >= 15 is 0 Å². The Hall–Kier alpha value is -2.37. The van der Waals surface area contributed by atoms with Crippen molar-refractivity contribution in [2.45, 2.75) is 44.6 Å². The molecule has 0 atom stereocenters. The molecule has 0 bridgehead atoms. The van der Waals surface area contributed by atoms with Crippen molar-refractivity contribution < 1.29 is 9.32 Å². The molecule has 0 spiro atoms. The van der Waals surface area contributed by atoms with Gasteiger partial charge < -0.3 is 9.42 Å². The molecule has 156 valence electrons. The van der Waals surface area contributed by atoms with Gasteiger partial charge in [0.1, 0.15) is 0 Å². The number of amides is 1. The fourth-order valence-electron chi connectivity index (χ4n) is 3.92. The second kappa shape index (κ2) is 9.63. The third-order valence-electron chi connectivity index (χ3n) is 5.52. The van der Waals surface area contributed by atoms with E-state index in [2.05, 4.69) is 10.1 Å². The van der Waals surface area contributed by atoms with Crippen LogP contribution in [0, 0.1) is 0 Å². The van der Waals surface area contributed by atoms with E-state index in [-0.39, 0.29) is 11.9 Å². The molecule has 1 aliphatic rings. The van der Waals surface area contributed by atoms with E-state index in [1.54, 1.807) is 24.3 Å². The van der Waals surface area contributed by atoms with Crippen LogP contribution in [0.3, 0.4) is 0 Å². The maximum atomic E-state index is 13.3. The molecule has 1 saturated carbocycles. The van der Waals surface area contributed by atoms with Crippen LogP contribution in [0.5, 0.6) is 0 Å². The highest BCUT2D eigenvalue weighted by molar-refractivity contribution is 6.33. The maximum Gasteiger partial charge on any atom is 0.255 e. The van der Waals surface area contributed by atoms with Crippen LogP contribution in [0.4, 0.5) is 0 Å². The minimum atomic E-state index is -0.0371. The van der Waals surface area contributed by atoms with Gasteiger partial charge in [-0.2, -0.15) is 4.98 Å². The highest BCUT2D eigenvalue weighted by Crippen LogP contribution is 2.26. The van der Waals surface area contributed by atoms with Crippen molar-refractivity contribution in [1.82, 2.24) is 15.0 Å². The van der Waals surface area contributed by atoms with Crippen LogP contribution in [-0.4, -0.2) is 33.5 Å². The number of nitrogens with zero attached hydrogens (tertiary/aromatic N) is 3. The summed E-state index contributed by atoms with van der Waals surface area (Å²) in [5.74, 6) is 0.987. The largest absolute Gasteiger partial charge is 0.339 e. The highest BCUT2D eigenvalue weighted by atomic mass is 35.5. The predicted molar refractivity (Wildman–Crippen MR) is 118 cm³/mol. The number of halogens is 2. The van der Waals surface area contributed by atoms with Crippen molar-refractivity contribution in [3.05, 3.63) is 70.0 Å². The Kier molecular flexibility index (Phi) is 6.70. The summed E-state index contributed by atoms with van der Waals surface area (Å²) >= 11 is 12.2. The lowest BCUT2D eigenvalue weighted by Crippen LogP contribution is -2.42. The van der Waals surface area contributed by atoms with Crippen LogP contribution in [-0.2, 0) is 6.42 Å². The summed E-state index contributed by atoms with van der Waals surface area (Å²) in [6, 6.07) is 14.7. The number of carbonyl (C=O) groups is 1. The first-order valence-corrected chi connectivity index (χ1v) is 11.0. The molecular weight excluding hydrogens is 421 g/mol. The van der Waals surface area contributed by atoms with Gasteiger partial charge in [-0.05, 0) is 49.2 Å². The Morgan fingerprint density at radius 3 is 2.50 bits per heavy atom. The summed E-state index contributed by atoms with van der Waals surface area (Å²) in [4.78, 5) is 19.7. The van der Waals surface area contributed by atoms with Crippen LogP contribution in [0.15, 0.2) is 53.1 Å². The molecule has 1 aromatic heterocycles. The zero-order chi connectivity index (χ0) is 20.9. The summed E-state index contributed by atoms with van der Waals surface area (Å²) < 4.78 is 5.44. The van der Waals surface area contributed by atoms with Gasteiger partial charge in [-0.3, -0.25) is 4.79 Å². The van der Waals surface area contributed by atoms with Crippen molar-refractivity contribution in [3.63, 3.8) is 0 Å². The molecule has 7 heteroatoms. The van der Waals surface area contributed by atoms with Crippen LogP contribution < -0.4 is 0 Å². The molecule has 1 aliphatic carbocycles. The smallest absolute Gasteiger partial charge is 0.255 e. The van der Waals surface area contributed by atoms with E-state index in [1.807, 2.05) is 29.2 Å². The molecule has 0 N–H and O–H groups in total. The summed E-state index contributed by atoms with van der Waals surface area (Å²) in [5.41, 5.74) is 1.38. The van der Waals surface area contributed by atoms with Crippen molar-refractivity contribution in [2.24, 2.45) is 0 Å². The summed E-state index contributed by atoms with van der Waals surface area (Å²) in [7, 11) is 0. The van der Waals surface area contributed by atoms with E-state index in [1.165, 1.54) is 6.42 Å². The van der Waals surface area contributed by atoms with Crippen molar-refractivity contribution in [2.75, 3.05) is 6.54 Å². The van der Waals surface area contributed by atoms with E-state index in [0.717, 1.165) is 31.2 Å². The van der Waals surface area contributed by atoms with Crippen molar-refractivity contribution >= 4 is 29.1 Å². The van der Waals surface area contributed by atoms with E-state index < -0.39 is 0 Å². The molecule has 30 heavy (non-hydrogen) atoms. The van der Waals surface area contributed by atoms with Gasteiger partial charge in [0.05, 0.1) is 10.6 Å². The Bertz CT molecular complexity index is 998. The van der Waals surface area contributed by atoms with Gasteiger partial charge in [0.15, 0.2) is 0 Å². The monoisotopic (exact) mass is 443 g/mol. The maximum absolute atomic E-state index is 13.3. The van der Waals surface area contributed by atoms with Gasteiger partial charge in [0, 0.05) is 29.6 Å². The van der Waals surface area contributed by atoms with Crippen molar-refractivity contribution in [3.8, 4) is 11.4 Å². The van der Waals surface area contributed by atoms with E-state index in [0.29, 0.717) is 40.3 Å².